The molecule has 0 aliphatic rings. The SMILES string of the molecule is CN(C)C(C)(C)CCOc1ccc(N)c(N)c1. The predicted molar refractivity (Wildman–Crippen MR) is 73.1 cm³/mol. The van der Waals surface area contributed by atoms with Crippen LogP contribution in [0.25, 0.3) is 0 Å². The molecule has 0 radical (unpaired) electrons. The summed E-state index contributed by atoms with van der Waals surface area (Å²) in [6, 6.07) is 5.37. The van der Waals surface area contributed by atoms with Gasteiger partial charge in [-0.2, -0.15) is 0 Å². The van der Waals surface area contributed by atoms with Crippen molar-refractivity contribution < 1.29 is 4.74 Å². The third kappa shape index (κ3) is 3.82. The van der Waals surface area contributed by atoms with E-state index in [-0.39, 0.29) is 5.54 Å². The molecule has 4 nitrogen and oxygen atoms in total. The number of hydrogen-bond acceptors (Lipinski definition) is 4. The van der Waals surface area contributed by atoms with Crippen LogP contribution in [0.4, 0.5) is 11.4 Å². The van der Waals surface area contributed by atoms with Crippen LogP contribution in [0.5, 0.6) is 5.75 Å². The van der Waals surface area contributed by atoms with Gasteiger partial charge in [0, 0.05) is 11.6 Å². The first-order chi connectivity index (χ1) is 7.83. The second kappa shape index (κ2) is 5.27. The van der Waals surface area contributed by atoms with Gasteiger partial charge < -0.3 is 21.1 Å². The molecular formula is C13H23N3O. The maximum Gasteiger partial charge on any atom is 0.121 e. The zero-order valence-electron chi connectivity index (χ0n) is 11.2. The van der Waals surface area contributed by atoms with E-state index in [1.807, 2.05) is 6.07 Å². The van der Waals surface area contributed by atoms with Crippen LogP contribution in [-0.2, 0) is 0 Å². The summed E-state index contributed by atoms with van der Waals surface area (Å²) >= 11 is 0. The molecule has 0 atom stereocenters. The van der Waals surface area contributed by atoms with E-state index in [0.717, 1.165) is 12.2 Å². The Hall–Kier alpha value is -1.42. The number of nitrogen functional groups attached to an aromatic ring is 2. The summed E-state index contributed by atoms with van der Waals surface area (Å²) in [4.78, 5) is 2.19. The molecule has 4 N–H and O–H groups in total. The topological polar surface area (TPSA) is 64.5 Å². The van der Waals surface area contributed by atoms with Crippen molar-refractivity contribution in [1.29, 1.82) is 0 Å². The van der Waals surface area contributed by atoms with Crippen molar-refractivity contribution in [3.8, 4) is 5.75 Å². The second-order valence-electron chi connectivity index (χ2n) is 5.10. The minimum atomic E-state index is 0.124. The molecule has 0 amide bonds. The van der Waals surface area contributed by atoms with Gasteiger partial charge in [0.05, 0.1) is 18.0 Å². The number of nitrogens with zero attached hydrogens (tertiary/aromatic N) is 1. The highest BCUT2D eigenvalue weighted by atomic mass is 16.5. The van der Waals surface area contributed by atoms with Gasteiger partial charge >= 0.3 is 0 Å². The quantitative estimate of drug-likeness (QED) is 0.768. The lowest BCUT2D eigenvalue weighted by Crippen LogP contribution is -2.39. The van der Waals surface area contributed by atoms with Crippen LogP contribution in [0, 0.1) is 0 Å². The first-order valence-corrected chi connectivity index (χ1v) is 5.78. The maximum atomic E-state index is 5.71. The number of anilines is 2. The van der Waals surface area contributed by atoms with Crippen molar-refractivity contribution >= 4 is 11.4 Å². The van der Waals surface area contributed by atoms with Gasteiger partial charge in [-0.15, -0.1) is 0 Å². The van der Waals surface area contributed by atoms with Crippen molar-refractivity contribution in [2.45, 2.75) is 25.8 Å². The van der Waals surface area contributed by atoms with Crippen molar-refractivity contribution in [3.63, 3.8) is 0 Å². The van der Waals surface area contributed by atoms with E-state index in [2.05, 4.69) is 32.8 Å². The molecule has 0 aromatic heterocycles. The standard InChI is InChI=1S/C13H23N3O/c1-13(2,16(3)4)7-8-17-10-5-6-11(14)12(15)9-10/h5-6,9H,7-8,14-15H2,1-4H3. The van der Waals surface area contributed by atoms with E-state index < -0.39 is 0 Å². The number of benzene rings is 1. The molecule has 1 rings (SSSR count). The van der Waals surface area contributed by atoms with Gasteiger partial charge in [0.25, 0.3) is 0 Å². The van der Waals surface area contributed by atoms with Crippen LogP contribution < -0.4 is 16.2 Å². The molecule has 1 aromatic rings. The summed E-state index contributed by atoms with van der Waals surface area (Å²) in [7, 11) is 4.14. The summed E-state index contributed by atoms with van der Waals surface area (Å²) in [6.45, 7) is 5.04. The average Bonchev–Trinajstić information content (AvgIpc) is 2.23. The molecule has 4 heteroatoms. The number of hydrogen-bond donors (Lipinski definition) is 2. The van der Waals surface area contributed by atoms with Gasteiger partial charge in [0.2, 0.25) is 0 Å². The number of ether oxygens (including phenoxy) is 1. The van der Waals surface area contributed by atoms with Gasteiger partial charge in [0.1, 0.15) is 5.75 Å². The fraction of sp³-hybridized carbons (Fsp3) is 0.538. The fourth-order valence-corrected chi connectivity index (χ4v) is 1.28. The Labute approximate surface area is 104 Å². The molecule has 0 bridgehead atoms. The molecule has 0 aliphatic carbocycles. The number of rotatable bonds is 5. The summed E-state index contributed by atoms with van der Waals surface area (Å²) in [6.07, 6.45) is 0.949. The Morgan fingerprint density at radius 1 is 1.18 bits per heavy atom. The third-order valence-corrected chi connectivity index (χ3v) is 3.25. The summed E-state index contributed by atoms with van der Waals surface area (Å²) in [5.41, 5.74) is 12.6. The Morgan fingerprint density at radius 2 is 1.82 bits per heavy atom. The second-order valence-corrected chi connectivity index (χ2v) is 5.10. The summed E-state index contributed by atoms with van der Waals surface area (Å²) in [5, 5.41) is 0. The van der Waals surface area contributed by atoms with Crippen molar-refractivity contribution in [2.75, 3.05) is 32.2 Å². The van der Waals surface area contributed by atoms with Crippen molar-refractivity contribution in [2.24, 2.45) is 0 Å². The lowest BCUT2D eigenvalue weighted by Gasteiger charge is -2.32. The minimum absolute atomic E-state index is 0.124. The van der Waals surface area contributed by atoms with Gasteiger partial charge in [-0.05, 0) is 46.5 Å². The highest BCUT2D eigenvalue weighted by molar-refractivity contribution is 5.65. The molecule has 0 saturated carbocycles. The van der Waals surface area contributed by atoms with Gasteiger partial charge in [-0.3, -0.25) is 0 Å². The molecule has 0 unspecified atom stereocenters. The molecule has 0 saturated heterocycles. The monoisotopic (exact) mass is 237 g/mol. The molecule has 1 aromatic carbocycles. The molecule has 0 aliphatic heterocycles. The largest absolute Gasteiger partial charge is 0.493 e. The van der Waals surface area contributed by atoms with E-state index in [9.17, 15) is 0 Å². The Morgan fingerprint density at radius 3 is 2.35 bits per heavy atom. The van der Waals surface area contributed by atoms with Crippen LogP contribution in [-0.4, -0.2) is 31.1 Å². The van der Waals surface area contributed by atoms with Crippen LogP contribution >= 0.6 is 0 Å². The van der Waals surface area contributed by atoms with Crippen molar-refractivity contribution in [1.82, 2.24) is 4.90 Å². The van der Waals surface area contributed by atoms with Gasteiger partial charge in [-0.1, -0.05) is 0 Å². The normalized spacial score (nSPS) is 11.8. The van der Waals surface area contributed by atoms with Crippen molar-refractivity contribution in [3.05, 3.63) is 18.2 Å². The van der Waals surface area contributed by atoms with Crippen LogP contribution in [0.1, 0.15) is 20.3 Å². The Bertz CT molecular complexity index is 375. The molecular weight excluding hydrogens is 214 g/mol. The third-order valence-electron chi connectivity index (χ3n) is 3.25. The van der Waals surface area contributed by atoms with Gasteiger partial charge in [-0.25, -0.2) is 0 Å². The molecule has 0 heterocycles. The van der Waals surface area contributed by atoms with E-state index in [1.54, 1.807) is 12.1 Å². The summed E-state index contributed by atoms with van der Waals surface area (Å²) in [5.74, 6) is 0.770. The highest BCUT2D eigenvalue weighted by Gasteiger charge is 2.19. The van der Waals surface area contributed by atoms with Gasteiger partial charge in [0.15, 0.2) is 0 Å². The first-order valence-electron chi connectivity index (χ1n) is 5.78. The van der Waals surface area contributed by atoms with E-state index in [0.29, 0.717) is 18.0 Å². The fourth-order valence-electron chi connectivity index (χ4n) is 1.28. The van der Waals surface area contributed by atoms with E-state index in [1.165, 1.54) is 0 Å². The maximum absolute atomic E-state index is 5.71. The highest BCUT2D eigenvalue weighted by Crippen LogP contribution is 2.22. The zero-order valence-corrected chi connectivity index (χ0v) is 11.2. The molecule has 17 heavy (non-hydrogen) atoms. The lowest BCUT2D eigenvalue weighted by atomic mass is 10.0. The lowest BCUT2D eigenvalue weighted by molar-refractivity contribution is 0.150. The van der Waals surface area contributed by atoms with Crippen LogP contribution in [0.3, 0.4) is 0 Å². The van der Waals surface area contributed by atoms with Crippen LogP contribution in [0.2, 0.25) is 0 Å². The first kappa shape index (κ1) is 13.6. The number of nitrogens with two attached hydrogens (primary N) is 2. The summed E-state index contributed by atoms with van der Waals surface area (Å²) < 4.78 is 5.67. The van der Waals surface area contributed by atoms with E-state index in [4.69, 9.17) is 16.2 Å². The predicted octanol–water partition coefficient (Wildman–Crippen LogP) is 1.96. The molecule has 96 valence electrons. The minimum Gasteiger partial charge on any atom is -0.493 e. The average molecular weight is 237 g/mol. The smallest absolute Gasteiger partial charge is 0.121 e. The molecule has 0 fully saturated rings. The van der Waals surface area contributed by atoms with Crippen LogP contribution in [0.15, 0.2) is 18.2 Å². The Balaban J connectivity index is 2.49. The molecule has 0 spiro atoms. The van der Waals surface area contributed by atoms with E-state index >= 15 is 0 Å². The zero-order chi connectivity index (χ0) is 13.1. The Kier molecular flexibility index (Phi) is 4.23.